The topological polar surface area (TPSA) is 45.1 Å². The van der Waals surface area contributed by atoms with Gasteiger partial charge in [0.05, 0.1) is 5.02 Å². The molecule has 0 fully saturated rings. The fourth-order valence-electron chi connectivity index (χ4n) is 1.14. The van der Waals surface area contributed by atoms with Crippen LogP contribution in [-0.2, 0) is 0 Å². The Hall–Kier alpha value is -0.800. The molecule has 0 atom stereocenters. The zero-order chi connectivity index (χ0) is 10.2. The molecule has 0 radical (unpaired) electrons. The third-order valence-electron chi connectivity index (χ3n) is 1.89. The Morgan fingerprint density at radius 1 is 1.36 bits per heavy atom. The van der Waals surface area contributed by atoms with Gasteiger partial charge in [-0.1, -0.05) is 11.6 Å². The molecule has 0 aliphatic heterocycles. The van der Waals surface area contributed by atoms with Crippen molar-refractivity contribution in [1.82, 2.24) is 4.98 Å². The minimum atomic E-state index is 0.268. The number of nitrogens with zero attached hydrogens (tertiary/aromatic N) is 1. The standard InChI is InChI=1S/C10H15ClN2O/c11-9-5-4-7-13-10(9)12-6-2-1-3-8-14/h4-5,7,14H,1-3,6,8H2,(H,12,13). The average Bonchev–Trinajstić information content (AvgIpc) is 2.20. The molecule has 2 N–H and O–H groups in total. The van der Waals surface area contributed by atoms with E-state index in [1.165, 1.54) is 0 Å². The summed E-state index contributed by atoms with van der Waals surface area (Å²) in [4.78, 5) is 4.10. The lowest BCUT2D eigenvalue weighted by atomic mass is 10.2. The molecule has 1 heterocycles. The van der Waals surface area contributed by atoms with E-state index < -0.39 is 0 Å². The summed E-state index contributed by atoms with van der Waals surface area (Å²) >= 11 is 5.90. The van der Waals surface area contributed by atoms with Gasteiger partial charge in [-0.2, -0.15) is 0 Å². The van der Waals surface area contributed by atoms with E-state index in [1.54, 1.807) is 12.3 Å². The molecule has 0 aromatic carbocycles. The first-order valence-electron chi connectivity index (χ1n) is 4.80. The minimum absolute atomic E-state index is 0.268. The fraction of sp³-hybridized carbons (Fsp3) is 0.500. The predicted octanol–water partition coefficient (Wildman–Crippen LogP) is 2.31. The maximum Gasteiger partial charge on any atom is 0.144 e. The van der Waals surface area contributed by atoms with E-state index in [0.717, 1.165) is 31.6 Å². The zero-order valence-electron chi connectivity index (χ0n) is 8.04. The fourth-order valence-corrected chi connectivity index (χ4v) is 1.32. The second-order valence-corrected chi connectivity index (χ2v) is 3.45. The molecule has 3 nitrogen and oxygen atoms in total. The molecule has 0 spiro atoms. The van der Waals surface area contributed by atoms with E-state index in [-0.39, 0.29) is 6.61 Å². The molecule has 0 amide bonds. The van der Waals surface area contributed by atoms with Gasteiger partial charge in [-0.05, 0) is 31.4 Å². The molecule has 0 aliphatic rings. The molecule has 0 aliphatic carbocycles. The van der Waals surface area contributed by atoms with Crippen molar-refractivity contribution in [1.29, 1.82) is 0 Å². The van der Waals surface area contributed by atoms with E-state index in [9.17, 15) is 0 Å². The minimum Gasteiger partial charge on any atom is -0.396 e. The predicted molar refractivity (Wildman–Crippen MR) is 58.7 cm³/mol. The lowest BCUT2D eigenvalue weighted by molar-refractivity contribution is 0.283. The summed E-state index contributed by atoms with van der Waals surface area (Å²) in [7, 11) is 0. The van der Waals surface area contributed by atoms with Gasteiger partial charge in [0.1, 0.15) is 5.82 Å². The van der Waals surface area contributed by atoms with E-state index in [2.05, 4.69) is 10.3 Å². The number of unbranched alkanes of at least 4 members (excludes halogenated alkanes) is 2. The molecular formula is C10H15ClN2O. The Labute approximate surface area is 89.1 Å². The molecule has 0 unspecified atom stereocenters. The number of aliphatic hydroxyl groups excluding tert-OH is 1. The SMILES string of the molecule is OCCCCCNc1ncccc1Cl. The molecule has 4 heteroatoms. The second kappa shape index (κ2) is 6.62. The van der Waals surface area contributed by atoms with Gasteiger partial charge in [0.25, 0.3) is 0 Å². The van der Waals surface area contributed by atoms with Crippen molar-refractivity contribution in [2.75, 3.05) is 18.5 Å². The highest BCUT2D eigenvalue weighted by Crippen LogP contribution is 2.17. The number of halogens is 1. The van der Waals surface area contributed by atoms with Crippen LogP contribution in [0.25, 0.3) is 0 Å². The maximum absolute atomic E-state index is 8.57. The van der Waals surface area contributed by atoms with Crippen LogP contribution >= 0.6 is 11.6 Å². The summed E-state index contributed by atoms with van der Waals surface area (Å²) < 4.78 is 0. The van der Waals surface area contributed by atoms with Crippen molar-refractivity contribution >= 4 is 17.4 Å². The van der Waals surface area contributed by atoms with E-state index in [0.29, 0.717) is 5.02 Å². The number of anilines is 1. The molecule has 78 valence electrons. The summed E-state index contributed by atoms with van der Waals surface area (Å²) in [5.74, 6) is 0.734. The van der Waals surface area contributed by atoms with Crippen molar-refractivity contribution < 1.29 is 5.11 Å². The van der Waals surface area contributed by atoms with Crippen LogP contribution < -0.4 is 5.32 Å². The average molecular weight is 215 g/mol. The van der Waals surface area contributed by atoms with Gasteiger partial charge >= 0.3 is 0 Å². The van der Waals surface area contributed by atoms with Crippen LogP contribution in [0.1, 0.15) is 19.3 Å². The van der Waals surface area contributed by atoms with Crippen molar-refractivity contribution in [3.05, 3.63) is 23.4 Å². The van der Waals surface area contributed by atoms with Gasteiger partial charge in [0.2, 0.25) is 0 Å². The van der Waals surface area contributed by atoms with Gasteiger partial charge in [0.15, 0.2) is 0 Å². The number of aromatic nitrogens is 1. The van der Waals surface area contributed by atoms with Crippen molar-refractivity contribution in [2.24, 2.45) is 0 Å². The van der Waals surface area contributed by atoms with Gasteiger partial charge in [-0.3, -0.25) is 0 Å². The number of nitrogens with one attached hydrogen (secondary N) is 1. The molecule has 0 saturated carbocycles. The lowest BCUT2D eigenvalue weighted by Gasteiger charge is -2.05. The van der Waals surface area contributed by atoms with E-state index in [1.807, 2.05) is 6.07 Å². The quantitative estimate of drug-likeness (QED) is 0.715. The summed E-state index contributed by atoms with van der Waals surface area (Å²) in [6, 6.07) is 3.61. The summed E-state index contributed by atoms with van der Waals surface area (Å²) in [5, 5.41) is 12.4. The van der Waals surface area contributed by atoms with Gasteiger partial charge in [0, 0.05) is 19.3 Å². The van der Waals surface area contributed by atoms with Crippen LogP contribution in [0.2, 0.25) is 5.02 Å². The van der Waals surface area contributed by atoms with Gasteiger partial charge in [-0.25, -0.2) is 4.98 Å². The molecule has 0 bridgehead atoms. The number of aliphatic hydroxyl groups is 1. The van der Waals surface area contributed by atoms with Crippen LogP contribution in [0.3, 0.4) is 0 Å². The normalized spacial score (nSPS) is 10.1. The Morgan fingerprint density at radius 2 is 2.21 bits per heavy atom. The summed E-state index contributed by atoms with van der Waals surface area (Å²) in [6.45, 7) is 1.11. The Morgan fingerprint density at radius 3 is 2.93 bits per heavy atom. The molecule has 1 aromatic heterocycles. The molecule has 0 saturated heterocycles. The molecular weight excluding hydrogens is 200 g/mol. The second-order valence-electron chi connectivity index (χ2n) is 3.04. The number of hydrogen-bond acceptors (Lipinski definition) is 3. The van der Waals surface area contributed by atoms with Crippen LogP contribution in [0.5, 0.6) is 0 Å². The highest BCUT2D eigenvalue weighted by molar-refractivity contribution is 6.32. The van der Waals surface area contributed by atoms with Crippen LogP contribution in [-0.4, -0.2) is 23.2 Å². The summed E-state index contributed by atoms with van der Waals surface area (Å²) in [6.07, 6.45) is 4.61. The number of hydrogen-bond donors (Lipinski definition) is 2. The third-order valence-corrected chi connectivity index (χ3v) is 2.19. The van der Waals surface area contributed by atoms with Crippen LogP contribution in [0.15, 0.2) is 18.3 Å². The Bertz CT molecular complexity index is 268. The highest BCUT2D eigenvalue weighted by atomic mass is 35.5. The Balaban J connectivity index is 2.21. The van der Waals surface area contributed by atoms with Gasteiger partial charge in [-0.15, -0.1) is 0 Å². The van der Waals surface area contributed by atoms with E-state index in [4.69, 9.17) is 16.7 Å². The monoisotopic (exact) mass is 214 g/mol. The largest absolute Gasteiger partial charge is 0.396 e. The zero-order valence-corrected chi connectivity index (χ0v) is 8.80. The molecule has 1 rings (SSSR count). The highest BCUT2D eigenvalue weighted by Gasteiger charge is 1.97. The maximum atomic E-state index is 8.57. The lowest BCUT2D eigenvalue weighted by Crippen LogP contribution is -2.03. The first-order valence-corrected chi connectivity index (χ1v) is 5.17. The molecule has 14 heavy (non-hydrogen) atoms. The third kappa shape index (κ3) is 3.94. The van der Waals surface area contributed by atoms with Crippen LogP contribution in [0, 0.1) is 0 Å². The van der Waals surface area contributed by atoms with Gasteiger partial charge < -0.3 is 10.4 Å². The van der Waals surface area contributed by atoms with Crippen LogP contribution in [0.4, 0.5) is 5.82 Å². The number of pyridine rings is 1. The van der Waals surface area contributed by atoms with Crippen molar-refractivity contribution in [2.45, 2.75) is 19.3 Å². The van der Waals surface area contributed by atoms with E-state index >= 15 is 0 Å². The number of rotatable bonds is 6. The molecule has 1 aromatic rings. The van der Waals surface area contributed by atoms with Crippen molar-refractivity contribution in [3.63, 3.8) is 0 Å². The summed E-state index contributed by atoms with van der Waals surface area (Å²) in [5.41, 5.74) is 0. The first kappa shape index (κ1) is 11.3. The first-order chi connectivity index (χ1) is 6.84. The smallest absolute Gasteiger partial charge is 0.144 e. The Kier molecular flexibility index (Phi) is 5.33. The van der Waals surface area contributed by atoms with Crippen molar-refractivity contribution in [3.8, 4) is 0 Å².